The lowest BCUT2D eigenvalue weighted by atomic mass is 9.78. The van der Waals surface area contributed by atoms with Crippen LogP contribution < -0.4 is 0 Å². The molecule has 1 saturated carbocycles. The summed E-state index contributed by atoms with van der Waals surface area (Å²) < 4.78 is 5.55. The molecule has 2 aliphatic rings. The normalized spacial score (nSPS) is 35.5. The van der Waals surface area contributed by atoms with Gasteiger partial charge in [-0.2, -0.15) is 0 Å². The fraction of sp³-hybridized carbons (Fsp3) is 0.909. The van der Waals surface area contributed by atoms with Crippen LogP contribution in [-0.4, -0.2) is 48.3 Å². The summed E-state index contributed by atoms with van der Waals surface area (Å²) in [6.07, 6.45) is 4.43. The maximum absolute atomic E-state index is 10.9. The number of ether oxygens (including phenoxy) is 1. The van der Waals surface area contributed by atoms with Gasteiger partial charge >= 0.3 is 5.97 Å². The minimum Gasteiger partial charge on any atom is -0.481 e. The lowest BCUT2D eigenvalue weighted by molar-refractivity contribution is -0.149. The molecule has 3 unspecified atom stereocenters. The second kappa shape index (κ2) is 4.49. The third kappa shape index (κ3) is 2.32. The molecule has 1 N–H and O–H groups in total. The van der Waals surface area contributed by atoms with Gasteiger partial charge in [-0.15, -0.1) is 0 Å². The Morgan fingerprint density at radius 1 is 1.47 bits per heavy atom. The van der Waals surface area contributed by atoms with Gasteiger partial charge in [0.2, 0.25) is 0 Å². The summed E-state index contributed by atoms with van der Waals surface area (Å²) in [4.78, 5) is 13.0. The Balaban J connectivity index is 1.80. The van der Waals surface area contributed by atoms with Gasteiger partial charge in [0.15, 0.2) is 0 Å². The minimum atomic E-state index is -0.648. The van der Waals surface area contributed by atoms with Crippen molar-refractivity contribution in [2.24, 2.45) is 5.92 Å². The van der Waals surface area contributed by atoms with Gasteiger partial charge in [-0.1, -0.05) is 0 Å². The zero-order valence-electron chi connectivity index (χ0n) is 9.19. The van der Waals surface area contributed by atoms with E-state index in [9.17, 15) is 4.79 Å². The van der Waals surface area contributed by atoms with E-state index in [1.165, 1.54) is 0 Å². The van der Waals surface area contributed by atoms with Gasteiger partial charge in [-0.05, 0) is 32.7 Å². The van der Waals surface area contributed by atoms with Gasteiger partial charge in [0.05, 0.1) is 12.0 Å². The van der Waals surface area contributed by atoms with Gasteiger partial charge < -0.3 is 9.84 Å². The van der Waals surface area contributed by atoms with Crippen molar-refractivity contribution in [1.82, 2.24) is 4.90 Å². The molecule has 1 aliphatic heterocycles. The van der Waals surface area contributed by atoms with Crippen molar-refractivity contribution in [2.75, 3.05) is 20.2 Å². The van der Waals surface area contributed by atoms with E-state index in [2.05, 4.69) is 4.90 Å². The first kappa shape index (κ1) is 10.9. The predicted molar refractivity (Wildman–Crippen MR) is 55.8 cm³/mol. The van der Waals surface area contributed by atoms with Gasteiger partial charge in [-0.3, -0.25) is 9.69 Å². The van der Waals surface area contributed by atoms with Gasteiger partial charge in [-0.25, -0.2) is 0 Å². The molecule has 0 aromatic heterocycles. The van der Waals surface area contributed by atoms with E-state index in [-0.39, 0.29) is 12.0 Å². The topological polar surface area (TPSA) is 49.8 Å². The number of likely N-dealkylation sites (N-methyl/N-ethyl adjacent to an activating group) is 1. The van der Waals surface area contributed by atoms with Crippen LogP contribution in [0.1, 0.15) is 25.7 Å². The van der Waals surface area contributed by atoms with E-state index in [1.54, 1.807) is 0 Å². The fourth-order valence-electron chi connectivity index (χ4n) is 2.54. The fourth-order valence-corrected chi connectivity index (χ4v) is 2.54. The number of carboxylic acid groups (broad SMARTS) is 1. The molecule has 4 nitrogen and oxygen atoms in total. The summed E-state index contributed by atoms with van der Waals surface area (Å²) in [5.74, 6) is -0.804. The maximum atomic E-state index is 10.9. The first-order valence-corrected chi connectivity index (χ1v) is 5.73. The average molecular weight is 213 g/mol. The molecule has 2 rings (SSSR count). The highest BCUT2D eigenvalue weighted by molar-refractivity contribution is 5.72. The summed E-state index contributed by atoms with van der Waals surface area (Å²) in [7, 11) is 2.02. The van der Waals surface area contributed by atoms with Crippen LogP contribution >= 0.6 is 0 Å². The summed E-state index contributed by atoms with van der Waals surface area (Å²) in [5.41, 5.74) is 0. The highest BCUT2D eigenvalue weighted by Crippen LogP contribution is 2.32. The summed E-state index contributed by atoms with van der Waals surface area (Å²) in [5, 5.41) is 8.96. The second-order valence-electron chi connectivity index (χ2n) is 4.66. The van der Waals surface area contributed by atoms with E-state index in [4.69, 9.17) is 9.84 Å². The molecule has 1 aliphatic carbocycles. The Hall–Kier alpha value is -0.610. The van der Waals surface area contributed by atoms with E-state index in [1.807, 2.05) is 7.05 Å². The first-order valence-electron chi connectivity index (χ1n) is 5.73. The third-order valence-electron chi connectivity index (χ3n) is 3.64. The molecule has 2 fully saturated rings. The molecule has 4 heteroatoms. The van der Waals surface area contributed by atoms with Crippen LogP contribution in [0, 0.1) is 5.92 Å². The quantitative estimate of drug-likeness (QED) is 0.755. The summed E-state index contributed by atoms with van der Waals surface area (Å²) in [6, 6.07) is 0.228. The van der Waals surface area contributed by atoms with Gasteiger partial charge in [0.1, 0.15) is 0 Å². The Morgan fingerprint density at radius 3 is 2.73 bits per heavy atom. The molecule has 3 atom stereocenters. The van der Waals surface area contributed by atoms with Crippen molar-refractivity contribution >= 4 is 5.97 Å². The van der Waals surface area contributed by atoms with Crippen molar-refractivity contribution in [1.29, 1.82) is 0 Å². The second-order valence-corrected chi connectivity index (χ2v) is 4.66. The summed E-state index contributed by atoms with van der Waals surface area (Å²) in [6.45, 7) is 1.75. The lowest BCUT2D eigenvalue weighted by Gasteiger charge is -2.41. The minimum absolute atomic E-state index is 0.156. The van der Waals surface area contributed by atoms with Crippen molar-refractivity contribution in [3.8, 4) is 0 Å². The van der Waals surface area contributed by atoms with E-state index in [0.29, 0.717) is 6.10 Å². The number of hydrogen-bond donors (Lipinski definition) is 1. The molecule has 0 bridgehead atoms. The first-order chi connectivity index (χ1) is 7.18. The molecule has 15 heavy (non-hydrogen) atoms. The van der Waals surface area contributed by atoms with Crippen molar-refractivity contribution in [3.05, 3.63) is 0 Å². The molecule has 0 aromatic carbocycles. The van der Waals surface area contributed by atoms with Crippen LogP contribution in [0.3, 0.4) is 0 Å². The van der Waals surface area contributed by atoms with Crippen molar-refractivity contribution < 1.29 is 14.6 Å². The van der Waals surface area contributed by atoms with Gasteiger partial charge in [0, 0.05) is 19.2 Å². The molecule has 86 valence electrons. The van der Waals surface area contributed by atoms with Crippen LogP contribution in [0.4, 0.5) is 0 Å². The zero-order chi connectivity index (χ0) is 10.8. The van der Waals surface area contributed by atoms with Crippen LogP contribution in [0.5, 0.6) is 0 Å². The molecular formula is C11H19NO3. The van der Waals surface area contributed by atoms with Crippen LogP contribution in [0.15, 0.2) is 0 Å². The molecular weight excluding hydrogens is 194 g/mol. The number of hydrogen-bond acceptors (Lipinski definition) is 3. The third-order valence-corrected chi connectivity index (χ3v) is 3.64. The van der Waals surface area contributed by atoms with Gasteiger partial charge in [0.25, 0.3) is 0 Å². The number of aliphatic carboxylic acids is 1. The highest BCUT2D eigenvalue weighted by atomic mass is 16.5. The monoisotopic (exact) mass is 213 g/mol. The van der Waals surface area contributed by atoms with Crippen molar-refractivity contribution in [2.45, 2.75) is 37.8 Å². The Labute approximate surface area is 90.2 Å². The van der Waals surface area contributed by atoms with Crippen LogP contribution in [-0.2, 0) is 9.53 Å². The molecule has 0 spiro atoms. The highest BCUT2D eigenvalue weighted by Gasteiger charge is 2.39. The lowest BCUT2D eigenvalue weighted by Crippen LogP contribution is -2.50. The van der Waals surface area contributed by atoms with E-state index >= 15 is 0 Å². The number of nitrogens with zero attached hydrogens (tertiary/aromatic N) is 1. The average Bonchev–Trinajstić information content (AvgIpc) is 2.52. The molecule has 1 heterocycles. The van der Waals surface area contributed by atoms with Crippen molar-refractivity contribution in [3.63, 3.8) is 0 Å². The Kier molecular flexibility index (Phi) is 3.26. The number of rotatable bonds is 4. The number of carboxylic acids is 1. The Morgan fingerprint density at radius 2 is 2.27 bits per heavy atom. The van der Waals surface area contributed by atoms with E-state index < -0.39 is 5.97 Å². The Bertz CT molecular complexity index is 238. The smallest absolute Gasteiger partial charge is 0.308 e. The molecule has 1 saturated heterocycles. The maximum Gasteiger partial charge on any atom is 0.308 e. The zero-order valence-corrected chi connectivity index (χ0v) is 9.19. The number of carbonyl (C=O) groups is 1. The van der Waals surface area contributed by atoms with Crippen LogP contribution in [0.2, 0.25) is 0 Å². The predicted octanol–water partition coefficient (Wildman–Crippen LogP) is 0.960. The molecule has 0 aromatic rings. The molecule has 0 amide bonds. The molecule has 0 radical (unpaired) electrons. The standard InChI is InChI=1S/C11H19NO3/c1-12(7-8-3-2-6-15-8)10-5-4-9(10)11(13)14/h8-10H,2-7H2,1H3,(H,13,14). The SMILES string of the molecule is CN(CC1CCCO1)C1CCC1C(=O)O. The van der Waals surface area contributed by atoms with E-state index in [0.717, 1.165) is 38.8 Å². The van der Waals surface area contributed by atoms with Crippen LogP contribution in [0.25, 0.3) is 0 Å². The summed E-state index contributed by atoms with van der Waals surface area (Å²) >= 11 is 0. The largest absolute Gasteiger partial charge is 0.481 e.